The standard InChI is InChI=1S/C15H18N6O2/c22-14(9-21-10-16-19-20-21)18-13(15(23)17-12-6-7-12)8-11-4-2-1-3-5-11/h1-5,10,12-13H,6-9H2,(H,17,23)(H,18,22). The molecule has 1 atom stereocenters. The van der Waals surface area contributed by atoms with Gasteiger partial charge >= 0.3 is 0 Å². The summed E-state index contributed by atoms with van der Waals surface area (Å²) in [4.78, 5) is 24.5. The van der Waals surface area contributed by atoms with Crippen molar-refractivity contribution >= 4 is 11.8 Å². The van der Waals surface area contributed by atoms with Crippen molar-refractivity contribution in [1.82, 2.24) is 30.8 Å². The average molecular weight is 314 g/mol. The van der Waals surface area contributed by atoms with Crippen LogP contribution in [0.15, 0.2) is 36.7 Å². The summed E-state index contributed by atoms with van der Waals surface area (Å²) in [6.45, 7) is -0.0189. The highest BCUT2D eigenvalue weighted by Gasteiger charge is 2.28. The van der Waals surface area contributed by atoms with Crippen LogP contribution in [-0.4, -0.2) is 44.1 Å². The van der Waals surface area contributed by atoms with Crippen LogP contribution in [0.25, 0.3) is 0 Å². The molecule has 0 radical (unpaired) electrons. The van der Waals surface area contributed by atoms with Gasteiger partial charge in [-0.05, 0) is 28.8 Å². The van der Waals surface area contributed by atoms with Crippen LogP contribution in [0.5, 0.6) is 0 Å². The Hall–Kier alpha value is -2.77. The van der Waals surface area contributed by atoms with Crippen LogP contribution in [0, 0.1) is 0 Å². The Morgan fingerprint density at radius 2 is 2.04 bits per heavy atom. The third-order valence-corrected chi connectivity index (χ3v) is 3.56. The van der Waals surface area contributed by atoms with Gasteiger partial charge in [0.05, 0.1) is 0 Å². The van der Waals surface area contributed by atoms with Gasteiger partial charge < -0.3 is 10.6 Å². The van der Waals surface area contributed by atoms with E-state index in [1.54, 1.807) is 0 Å². The van der Waals surface area contributed by atoms with Gasteiger partial charge in [0.1, 0.15) is 18.9 Å². The van der Waals surface area contributed by atoms with Gasteiger partial charge in [0.15, 0.2) is 0 Å². The first kappa shape index (κ1) is 15.1. The summed E-state index contributed by atoms with van der Waals surface area (Å²) in [5.41, 5.74) is 0.992. The predicted octanol–water partition coefficient (Wildman–Crippen LogP) is -0.321. The van der Waals surface area contributed by atoms with E-state index >= 15 is 0 Å². The molecule has 1 fully saturated rings. The Bertz CT molecular complexity index is 654. The number of benzene rings is 1. The lowest BCUT2D eigenvalue weighted by Crippen LogP contribution is -2.49. The first-order valence-electron chi connectivity index (χ1n) is 7.55. The number of carbonyl (C=O) groups excluding carboxylic acids is 2. The normalized spacial score (nSPS) is 15.0. The number of tetrazole rings is 1. The minimum absolute atomic E-state index is 0.0189. The van der Waals surface area contributed by atoms with Gasteiger partial charge in [0.25, 0.3) is 0 Å². The molecular weight excluding hydrogens is 296 g/mol. The van der Waals surface area contributed by atoms with E-state index in [4.69, 9.17) is 0 Å². The summed E-state index contributed by atoms with van der Waals surface area (Å²) >= 11 is 0. The zero-order chi connectivity index (χ0) is 16.1. The smallest absolute Gasteiger partial charge is 0.243 e. The van der Waals surface area contributed by atoms with E-state index in [0.717, 1.165) is 18.4 Å². The third kappa shape index (κ3) is 4.60. The third-order valence-electron chi connectivity index (χ3n) is 3.56. The Balaban J connectivity index is 1.63. The van der Waals surface area contributed by atoms with Gasteiger partial charge in [0, 0.05) is 12.5 Å². The predicted molar refractivity (Wildman–Crippen MR) is 81.1 cm³/mol. The number of amides is 2. The highest BCUT2D eigenvalue weighted by molar-refractivity contribution is 5.88. The first-order chi connectivity index (χ1) is 11.2. The number of aromatic nitrogens is 4. The number of nitrogens with zero attached hydrogens (tertiary/aromatic N) is 4. The molecule has 0 aliphatic heterocycles. The average Bonchev–Trinajstić information content (AvgIpc) is 3.21. The maximum Gasteiger partial charge on any atom is 0.243 e. The molecule has 2 amide bonds. The van der Waals surface area contributed by atoms with Crippen LogP contribution >= 0.6 is 0 Å². The lowest BCUT2D eigenvalue weighted by Gasteiger charge is -2.18. The highest BCUT2D eigenvalue weighted by Crippen LogP contribution is 2.19. The number of nitrogens with one attached hydrogen (secondary N) is 2. The van der Waals surface area contributed by atoms with Crippen molar-refractivity contribution in [2.24, 2.45) is 0 Å². The van der Waals surface area contributed by atoms with Gasteiger partial charge in [-0.3, -0.25) is 9.59 Å². The van der Waals surface area contributed by atoms with E-state index in [-0.39, 0.29) is 24.4 Å². The van der Waals surface area contributed by atoms with Crippen molar-refractivity contribution in [2.45, 2.75) is 37.9 Å². The molecule has 1 aromatic carbocycles. The quantitative estimate of drug-likeness (QED) is 0.729. The number of rotatable bonds is 7. The van der Waals surface area contributed by atoms with E-state index in [1.165, 1.54) is 11.0 Å². The summed E-state index contributed by atoms with van der Waals surface area (Å²) in [7, 11) is 0. The molecule has 0 spiro atoms. The molecule has 1 aliphatic carbocycles. The summed E-state index contributed by atoms with van der Waals surface area (Å²) in [5, 5.41) is 16.3. The van der Waals surface area contributed by atoms with Gasteiger partial charge in [-0.2, -0.15) is 0 Å². The van der Waals surface area contributed by atoms with Crippen molar-refractivity contribution in [2.75, 3.05) is 0 Å². The number of hydrogen-bond acceptors (Lipinski definition) is 5. The van der Waals surface area contributed by atoms with E-state index in [9.17, 15) is 9.59 Å². The van der Waals surface area contributed by atoms with Crippen molar-refractivity contribution in [1.29, 1.82) is 0 Å². The molecule has 120 valence electrons. The van der Waals surface area contributed by atoms with Crippen molar-refractivity contribution < 1.29 is 9.59 Å². The molecule has 2 aromatic rings. The number of carbonyl (C=O) groups is 2. The lowest BCUT2D eigenvalue weighted by atomic mass is 10.1. The Morgan fingerprint density at radius 3 is 2.70 bits per heavy atom. The Kier molecular flexibility index (Phi) is 4.60. The number of hydrogen-bond donors (Lipinski definition) is 2. The van der Waals surface area contributed by atoms with Crippen molar-refractivity contribution in [3.05, 3.63) is 42.2 Å². The van der Waals surface area contributed by atoms with Crippen LogP contribution in [0.2, 0.25) is 0 Å². The zero-order valence-electron chi connectivity index (χ0n) is 12.6. The fourth-order valence-electron chi connectivity index (χ4n) is 2.23. The molecule has 1 unspecified atom stereocenters. The van der Waals surface area contributed by atoms with Gasteiger partial charge in [-0.25, -0.2) is 4.68 Å². The van der Waals surface area contributed by atoms with Gasteiger partial charge in [0.2, 0.25) is 11.8 Å². The summed E-state index contributed by atoms with van der Waals surface area (Å²) < 4.78 is 1.31. The fourth-order valence-corrected chi connectivity index (χ4v) is 2.23. The molecule has 1 saturated carbocycles. The second-order valence-electron chi connectivity index (χ2n) is 5.60. The maximum atomic E-state index is 12.4. The summed E-state index contributed by atoms with van der Waals surface area (Å²) in [6, 6.07) is 9.25. The van der Waals surface area contributed by atoms with E-state index in [2.05, 4.69) is 26.2 Å². The molecule has 1 heterocycles. The van der Waals surface area contributed by atoms with Crippen LogP contribution in [-0.2, 0) is 22.6 Å². The fraction of sp³-hybridized carbons (Fsp3) is 0.400. The summed E-state index contributed by atoms with van der Waals surface area (Å²) in [6.07, 6.45) is 3.81. The monoisotopic (exact) mass is 314 g/mol. The maximum absolute atomic E-state index is 12.4. The lowest BCUT2D eigenvalue weighted by molar-refractivity contribution is -0.129. The Labute approximate surface area is 133 Å². The van der Waals surface area contributed by atoms with E-state index < -0.39 is 6.04 Å². The topological polar surface area (TPSA) is 102 Å². The molecule has 1 aliphatic rings. The summed E-state index contributed by atoms with van der Waals surface area (Å²) in [5.74, 6) is -0.453. The van der Waals surface area contributed by atoms with Crippen LogP contribution in [0.4, 0.5) is 0 Å². The minimum Gasteiger partial charge on any atom is -0.352 e. The highest BCUT2D eigenvalue weighted by atomic mass is 16.2. The van der Waals surface area contributed by atoms with Crippen LogP contribution in [0.1, 0.15) is 18.4 Å². The van der Waals surface area contributed by atoms with Crippen LogP contribution in [0.3, 0.4) is 0 Å². The molecule has 8 nitrogen and oxygen atoms in total. The van der Waals surface area contributed by atoms with Crippen molar-refractivity contribution in [3.8, 4) is 0 Å². The molecule has 23 heavy (non-hydrogen) atoms. The van der Waals surface area contributed by atoms with Crippen LogP contribution < -0.4 is 10.6 Å². The molecule has 0 bridgehead atoms. The molecule has 0 saturated heterocycles. The van der Waals surface area contributed by atoms with Gasteiger partial charge in [-0.15, -0.1) is 5.10 Å². The SMILES string of the molecule is O=C(Cn1cnnn1)NC(Cc1ccccc1)C(=O)NC1CC1. The molecule has 2 N–H and O–H groups in total. The van der Waals surface area contributed by atoms with E-state index in [1.807, 2.05) is 30.3 Å². The Morgan fingerprint density at radius 1 is 1.26 bits per heavy atom. The molecular formula is C15H18N6O2. The second-order valence-corrected chi connectivity index (χ2v) is 5.60. The minimum atomic E-state index is -0.609. The molecule has 8 heteroatoms. The zero-order valence-corrected chi connectivity index (χ0v) is 12.6. The van der Waals surface area contributed by atoms with E-state index in [0.29, 0.717) is 6.42 Å². The van der Waals surface area contributed by atoms with Gasteiger partial charge in [-0.1, -0.05) is 30.3 Å². The second kappa shape index (κ2) is 6.99. The largest absolute Gasteiger partial charge is 0.352 e. The molecule has 3 rings (SSSR count). The molecule has 1 aromatic heterocycles. The van der Waals surface area contributed by atoms with Crippen molar-refractivity contribution in [3.63, 3.8) is 0 Å². The first-order valence-corrected chi connectivity index (χ1v) is 7.55.